The van der Waals surface area contributed by atoms with Crippen molar-refractivity contribution < 1.29 is 12.8 Å². The van der Waals surface area contributed by atoms with Gasteiger partial charge in [0.1, 0.15) is 0 Å². The predicted octanol–water partition coefficient (Wildman–Crippen LogP) is 3.96. The summed E-state index contributed by atoms with van der Waals surface area (Å²) >= 11 is 0. The van der Waals surface area contributed by atoms with Crippen LogP contribution in [0.3, 0.4) is 0 Å². The van der Waals surface area contributed by atoms with Gasteiger partial charge < -0.3 is 4.90 Å². The number of aromatic nitrogens is 1. The van der Waals surface area contributed by atoms with Gasteiger partial charge in [-0.2, -0.15) is 0 Å². The molecule has 3 rings (SSSR count). The van der Waals surface area contributed by atoms with Crippen LogP contribution in [0.5, 0.6) is 0 Å². The van der Waals surface area contributed by atoms with E-state index in [2.05, 4.69) is 25.8 Å². The zero-order valence-corrected chi connectivity index (χ0v) is 16.3. The SMILES string of the molecule is CC(C)(C)c1ccc(S(=O)(=O)C2CCN(c3ncccc3F)CC2)cc1. The number of benzene rings is 1. The summed E-state index contributed by atoms with van der Waals surface area (Å²) < 4.78 is 39.8. The van der Waals surface area contributed by atoms with Crippen LogP contribution in [0.15, 0.2) is 47.5 Å². The van der Waals surface area contributed by atoms with Gasteiger partial charge in [-0.3, -0.25) is 0 Å². The van der Waals surface area contributed by atoms with Crippen molar-refractivity contribution in [3.63, 3.8) is 0 Å². The molecule has 2 aromatic rings. The number of nitrogens with zero attached hydrogens (tertiary/aromatic N) is 2. The van der Waals surface area contributed by atoms with E-state index in [0.717, 1.165) is 5.56 Å². The molecule has 1 aromatic heterocycles. The summed E-state index contributed by atoms with van der Waals surface area (Å²) in [6.07, 6.45) is 2.50. The number of anilines is 1. The second-order valence-corrected chi connectivity index (χ2v) is 10.0. The molecule has 4 nitrogen and oxygen atoms in total. The van der Waals surface area contributed by atoms with Gasteiger partial charge in [0, 0.05) is 19.3 Å². The number of pyridine rings is 1. The molecule has 1 fully saturated rings. The maximum Gasteiger partial charge on any atom is 0.181 e. The minimum absolute atomic E-state index is 0.0135. The number of hydrogen-bond acceptors (Lipinski definition) is 4. The number of rotatable bonds is 3. The van der Waals surface area contributed by atoms with E-state index < -0.39 is 15.1 Å². The quantitative estimate of drug-likeness (QED) is 0.814. The lowest BCUT2D eigenvalue weighted by atomic mass is 9.87. The van der Waals surface area contributed by atoms with Crippen LogP contribution in [0.25, 0.3) is 0 Å². The Balaban J connectivity index is 1.73. The number of halogens is 1. The number of hydrogen-bond donors (Lipinski definition) is 0. The lowest BCUT2D eigenvalue weighted by Crippen LogP contribution is -2.40. The van der Waals surface area contributed by atoms with Gasteiger partial charge in [-0.15, -0.1) is 0 Å². The molecule has 0 saturated carbocycles. The van der Waals surface area contributed by atoms with E-state index in [1.54, 1.807) is 24.4 Å². The third-order valence-corrected chi connectivity index (χ3v) is 7.25. The van der Waals surface area contributed by atoms with Crippen molar-refractivity contribution in [3.05, 3.63) is 54.0 Å². The predicted molar refractivity (Wildman–Crippen MR) is 102 cm³/mol. The van der Waals surface area contributed by atoms with E-state index in [1.165, 1.54) is 6.07 Å². The van der Waals surface area contributed by atoms with Crippen LogP contribution in [-0.4, -0.2) is 31.7 Å². The Morgan fingerprint density at radius 3 is 2.23 bits per heavy atom. The first-order chi connectivity index (χ1) is 12.2. The van der Waals surface area contributed by atoms with Gasteiger partial charge in [0.2, 0.25) is 0 Å². The zero-order valence-electron chi connectivity index (χ0n) is 15.4. The van der Waals surface area contributed by atoms with Crippen molar-refractivity contribution in [2.75, 3.05) is 18.0 Å². The number of sulfone groups is 1. The molecule has 1 aliphatic rings. The van der Waals surface area contributed by atoms with E-state index in [4.69, 9.17) is 0 Å². The second kappa shape index (κ2) is 6.99. The molecule has 0 bridgehead atoms. The topological polar surface area (TPSA) is 50.3 Å². The molecule has 0 spiro atoms. The summed E-state index contributed by atoms with van der Waals surface area (Å²) in [7, 11) is -3.38. The van der Waals surface area contributed by atoms with Crippen LogP contribution >= 0.6 is 0 Å². The fourth-order valence-electron chi connectivity index (χ4n) is 3.33. The third kappa shape index (κ3) is 3.75. The molecule has 2 heterocycles. The lowest BCUT2D eigenvalue weighted by Gasteiger charge is -2.32. The van der Waals surface area contributed by atoms with Crippen molar-refractivity contribution in [2.45, 2.75) is 49.2 Å². The summed E-state index contributed by atoms with van der Waals surface area (Å²) in [5.74, 6) is -0.0653. The minimum Gasteiger partial charge on any atom is -0.354 e. The van der Waals surface area contributed by atoms with Crippen molar-refractivity contribution in [3.8, 4) is 0 Å². The van der Waals surface area contributed by atoms with Gasteiger partial charge in [-0.05, 0) is 48.1 Å². The molecular weight excluding hydrogens is 351 g/mol. The number of piperidine rings is 1. The summed E-state index contributed by atoms with van der Waals surface area (Å²) in [6, 6.07) is 10.1. The average molecular weight is 376 g/mol. The molecule has 0 radical (unpaired) electrons. The zero-order chi connectivity index (χ0) is 18.9. The van der Waals surface area contributed by atoms with Crippen LogP contribution in [0.2, 0.25) is 0 Å². The Hall–Kier alpha value is -1.95. The normalized spacial score (nSPS) is 16.7. The molecule has 0 amide bonds. The van der Waals surface area contributed by atoms with Crippen molar-refractivity contribution in [1.82, 2.24) is 4.98 Å². The molecular formula is C20H25FN2O2S. The molecule has 1 aliphatic heterocycles. The second-order valence-electron chi connectivity index (χ2n) is 7.81. The van der Waals surface area contributed by atoms with Gasteiger partial charge in [-0.25, -0.2) is 17.8 Å². The molecule has 0 N–H and O–H groups in total. The first-order valence-electron chi connectivity index (χ1n) is 8.89. The highest BCUT2D eigenvalue weighted by molar-refractivity contribution is 7.92. The van der Waals surface area contributed by atoms with Crippen molar-refractivity contribution >= 4 is 15.7 Å². The fraction of sp³-hybridized carbons (Fsp3) is 0.450. The largest absolute Gasteiger partial charge is 0.354 e. The Labute approximate surface area is 155 Å². The Kier molecular flexibility index (Phi) is 5.06. The summed E-state index contributed by atoms with van der Waals surface area (Å²) in [5.41, 5.74) is 1.09. The van der Waals surface area contributed by atoms with E-state index in [1.807, 2.05) is 17.0 Å². The molecule has 26 heavy (non-hydrogen) atoms. The Morgan fingerprint density at radius 2 is 1.69 bits per heavy atom. The summed E-state index contributed by atoms with van der Waals surface area (Å²) in [6.45, 7) is 7.27. The van der Waals surface area contributed by atoms with Crippen LogP contribution in [0.1, 0.15) is 39.2 Å². The van der Waals surface area contributed by atoms with Gasteiger partial charge in [-0.1, -0.05) is 32.9 Å². The first-order valence-corrected chi connectivity index (χ1v) is 10.4. The van der Waals surface area contributed by atoms with Crippen LogP contribution < -0.4 is 4.90 Å². The first kappa shape index (κ1) is 18.8. The average Bonchev–Trinajstić information content (AvgIpc) is 2.62. The Bertz CT molecular complexity index is 865. The Morgan fingerprint density at radius 1 is 1.08 bits per heavy atom. The van der Waals surface area contributed by atoms with Gasteiger partial charge in [0.15, 0.2) is 21.5 Å². The van der Waals surface area contributed by atoms with Crippen LogP contribution in [-0.2, 0) is 15.3 Å². The lowest BCUT2D eigenvalue weighted by molar-refractivity contribution is 0.519. The van der Waals surface area contributed by atoms with E-state index in [-0.39, 0.29) is 11.2 Å². The maximum absolute atomic E-state index is 13.9. The van der Waals surface area contributed by atoms with Gasteiger partial charge in [0.25, 0.3) is 0 Å². The smallest absolute Gasteiger partial charge is 0.181 e. The summed E-state index contributed by atoms with van der Waals surface area (Å²) in [4.78, 5) is 6.27. The summed E-state index contributed by atoms with van der Waals surface area (Å²) in [5, 5.41) is -0.439. The van der Waals surface area contributed by atoms with Crippen LogP contribution in [0, 0.1) is 5.82 Å². The molecule has 0 unspecified atom stereocenters. The minimum atomic E-state index is -3.38. The van der Waals surface area contributed by atoms with Gasteiger partial charge in [0.05, 0.1) is 10.1 Å². The standard InChI is InChI=1S/C20H25FN2O2S/c1-20(2,3)15-6-8-16(9-7-15)26(24,25)17-10-13-23(14-11-17)19-18(21)5-4-12-22-19/h4-9,12,17H,10-11,13-14H2,1-3H3. The highest BCUT2D eigenvalue weighted by atomic mass is 32.2. The fourth-order valence-corrected chi connectivity index (χ4v) is 5.06. The van der Waals surface area contributed by atoms with Crippen molar-refractivity contribution in [1.29, 1.82) is 0 Å². The third-order valence-electron chi connectivity index (χ3n) is 4.97. The van der Waals surface area contributed by atoms with E-state index >= 15 is 0 Å². The van der Waals surface area contributed by atoms with E-state index in [0.29, 0.717) is 36.6 Å². The van der Waals surface area contributed by atoms with Crippen molar-refractivity contribution in [2.24, 2.45) is 0 Å². The molecule has 1 aromatic carbocycles. The van der Waals surface area contributed by atoms with Crippen LogP contribution in [0.4, 0.5) is 10.2 Å². The molecule has 140 valence electrons. The molecule has 0 aliphatic carbocycles. The molecule has 1 saturated heterocycles. The van der Waals surface area contributed by atoms with Gasteiger partial charge >= 0.3 is 0 Å². The highest BCUT2D eigenvalue weighted by Gasteiger charge is 2.32. The maximum atomic E-state index is 13.9. The molecule has 0 atom stereocenters. The highest BCUT2D eigenvalue weighted by Crippen LogP contribution is 2.29. The van der Waals surface area contributed by atoms with E-state index in [9.17, 15) is 12.8 Å². The molecule has 6 heteroatoms. The monoisotopic (exact) mass is 376 g/mol.